The predicted molar refractivity (Wildman–Crippen MR) is 105 cm³/mol. The lowest BCUT2D eigenvalue weighted by Gasteiger charge is -2.23. The van der Waals surface area contributed by atoms with E-state index in [2.05, 4.69) is 26.0 Å². The Morgan fingerprint density at radius 3 is 2.72 bits per heavy atom. The lowest BCUT2D eigenvalue weighted by molar-refractivity contribution is -0.464. The Hall–Kier alpha value is -3.30. The molecular formula is C20H23N6O3+. The molecule has 1 aliphatic heterocycles. The van der Waals surface area contributed by atoms with Crippen molar-refractivity contribution in [3.8, 4) is 11.3 Å². The van der Waals surface area contributed by atoms with Crippen molar-refractivity contribution in [1.82, 2.24) is 26.0 Å². The van der Waals surface area contributed by atoms with Crippen molar-refractivity contribution in [2.75, 3.05) is 13.1 Å². The Kier molecular flexibility index (Phi) is 5.50. The largest absolute Gasteiger partial charge is 0.360 e. The zero-order valence-electron chi connectivity index (χ0n) is 16.1. The highest BCUT2D eigenvalue weighted by Gasteiger charge is 2.28. The van der Waals surface area contributed by atoms with Crippen molar-refractivity contribution < 1.29 is 19.4 Å². The molecule has 0 radical (unpaired) electrons. The zero-order valence-corrected chi connectivity index (χ0v) is 16.1. The summed E-state index contributed by atoms with van der Waals surface area (Å²) in [5, 5.41) is 18.4. The minimum Gasteiger partial charge on any atom is -0.360 e. The summed E-state index contributed by atoms with van der Waals surface area (Å²) in [4.78, 5) is 25.7. The number of nitrogens with zero attached hydrogens (tertiary/aromatic N) is 2. The van der Waals surface area contributed by atoms with Gasteiger partial charge in [-0.25, -0.2) is 10.1 Å². The number of hydrogen-bond donors (Lipinski definition) is 4. The molecule has 1 aromatic carbocycles. The van der Waals surface area contributed by atoms with E-state index in [4.69, 9.17) is 4.52 Å². The molecule has 5 N–H and O–H groups in total. The van der Waals surface area contributed by atoms with Crippen molar-refractivity contribution >= 4 is 17.5 Å². The maximum atomic E-state index is 13.0. The van der Waals surface area contributed by atoms with Gasteiger partial charge < -0.3 is 15.2 Å². The van der Waals surface area contributed by atoms with Crippen LogP contribution in [0, 0.1) is 6.92 Å². The summed E-state index contributed by atoms with van der Waals surface area (Å²) in [5.74, 6) is -0.131. The van der Waals surface area contributed by atoms with Crippen molar-refractivity contribution in [1.29, 1.82) is 0 Å². The molecule has 0 spiro atoms. The van der Waals surface area contributed by atoms with Gasteiger partial charge in [0.15, 0.2) is 17.1 Å². The van der Waals surface area contributed by atoms with Crippen LogP contribution in [0.4, 0.5) is 5.69 Å². The van der Waals surface area contributed by atoms with E-state index >= 15 is 0 Å². The second kappa shape index (κ2) is 8.38. The summed E-state index contributed by atoms with van der Waals surface area (Å²) in [5.41, 5.74) is 2.35. The summed E-state index contributed by atoms with van der Waals surface area (Å²) in [6.45, 7) is 3.45. The van der Waals surface area contributed by atoms with Gasteiger partial charge in [0.05, 0.1) is 0 Å². The van der Waals surface area contributed by atoms with Crippen LogP contribution in [0.3, 0.4) is 0 Å². The van der Waals surface area contributed by atoms with Crippen LogP contribution < -0.4 is 16.0 Å². The smallest absolute Gasteiger partial charge is 0.353 e. The van der Waals surface area contributed by atoms with Crippen LogP contribution in [0.15, 0.2) is 41.1 Å². The van der Waals surface area contributed by atoms with Crippen LogP contribution in [0.2, 0.25) is 0 Å². The fraction of sp³-hybridized carbons (Fsp3) is 0.300. The van der Waals surface area contributed by atoms with E-state index in [0.29, 0.717) is 22.7 Å². The first-order valence-electron chi connectivity index (χ1n) is 9.59. The van der Waals surface area contributed by atoms with Crippen molar-refractivity contribution in [2.24, 2.45) is 0 Å². The molecule has 4 rings (SSSR count). The van der Waals surface area contributed by atoms with Gasteiger partial charge in [-0.2, -0.15) is 5.10 Å². The Labute approximate surface area is 167 Å². The van der Waals surface area contributed by atoms with Crippen LogP contribution >= 0.6 is 0 Å². The average Bonchev–Trinajstić information content (AvgIpc) is 3.36. The number of nitrogens with two attached hydrogens (primary N) is 1. The number of benzene rings is 1. The first-order valence-corrected chi connectivity index (χ1v) is 9.59. The van der Waals surface area contributed by atoms with Gasteiger partial charge >= 0.3 is 5.91 Å². The van der Waals surface area contributed by atoms with Crippen molar-refractivity contribution in [3.05, 3.63) is 53.5 Å². The number of aromatic nitrogens is 3. The van der Waals surface area contributed by atoms with E-state index in [1.165, 1.54) is 11.5 Å². The number of amides is 2. The van der Waals surface area contributed by atoms with Crippen LogP contribution in [0.1, 0.15) is 39.4 Å². The number of hydrogen-bond acceptors (Lipinski definition) is 6. The Bertz CT molecular complexity index is 1000. The second-order valence-corrected chi connectivity index (χ2v) is 7.04. The molecule has 0 bridgehead atoms. The molecule has 2 aromatic heterocycles. The number of carbonyl (C=O) groups excluding carboxylic acids is 2. The number of primary amides is 1. The fourth-order valence-corrected chi connectivity index (χ4v) is 3.48. The first kappa shape index (κ1) is 19.0. The molecule has 0 atom stereocenters. The third kappa shape index (κ3) is 4.10. The maximum Gasteiger partial charge on any atom is 0.353 e. The van der Waals surface area contributed by atoms with Crippen LogP contribution in [0.5, 0.6) is 0 Å². The highest BCUT2D eigenvalue weighted by atomic mass is 16.5. The topological polar surface area (TPSA) is 130 Å². The zero-order chi connectivity index (χ0) is 20.2. The molecular weight excluding hydrogens is 372 g/mol. The highest BCUT2D eigenvalue weighted by Crippen LogP contribution is 2.24. The molecule has 0 unspecified atom stereocenters. The number of rotatable bonds is 5. The SMILES string of the molecule is Cc1onc(-c2ccccc2)c1C(=O)[NH2+]c1cn[nH]c1C(=O)NC1CCNCC1. The van der Waals surface area contributed by atoms with Gasteiger partial charge in [0.25, 0.3) is 5.91 Å². The number of aryl methyl sites for hydroxylation is 1. The number of aromatic amines is 1. The average molecular weight is 395 g/mol. The van der Waals surface area contributed by atoms with E-state index < -0.39 is 0 Å². The molecule has 1 fully saturated rings. The third-order valence-electron chi connectivity index (χ3n) is 5.01. The lowest BCUT2D eigenvalue weighted by Crippen LogP contribution is -2.82. The Morgan fingerprint density at radius 2 is 1.97 bits per heavy atom. The Morgan fingerprint density at radius 1 is 1.21 bits per heavy atom. The van der Waals surface area contributed by atoms with Gasteiger partial charge in [0.1, 0.15) is 17.5 Å². The molecule has 9 nitrogen and oxygen atoms in total. The number of nitrogens with one attached hydrogen (secondary N) is 3. The van der Waals surface area contributed by atoms with E-state index in [1.54, 1.807) is 6.92 Å². The van der Waals surface area contributed by atoms with Crippen LogP contribution in [-0.2, 0) is 0 Å². The number of piperidine rings is 1. The minimum atomic E-state index is -0.292. The minimum absolute atomic E-state index is 0.112. The lowest BCUT2D eigenvalue weighted by atomic mass is 10.1. The highest BCUT2D eigenvalue weighted by molar-refractivity contribution is 5.99. The van der Waals surface area contributed by atoms with Gasteiger partial charge in [-0.15, -0.1) is 0 Å². The first-order chi connectivity index (χ1) is 14.1. The van der Waals surface area contributed by atoms with Crippen LogP contribution in [0.25, 0.3) is 11.3 Å². The normalized spacial score (nSPS) is 14.7. The molecule has 3 heterocycles. The standard InChI is InChI=1S/C20H22N6O3/c1-12-16(17(26-29-12)13-5-3-2-4-6-13)19(27)24-15-11-22-25-18(15)20(28)23-14-7-9-21-10-8-14/h2-6,11,14,21H,7-10H2,1H3,(H,22,25)(H,23,28)(H,24,27)/p+1. The molecule has 1 saturated heterocycles. The van der Waals surface area contributed by atoms with Gasteiger partial charge in [0, 0.05) is 11.6 Å². The van der Waals surface area contributed by atoms with Gasteiger partial charge in [-0.3, -0.25) is 9.89 Å². The quantitative estimate of drug-likeness (QED) is 0.508. The molecule has 3 aromatic rings. The van der Waals surface area contributed by atoms with Crippen LogP contribution in [-0.4, -0.2) is 46.3 Å². The number of quaternary nitrogens is 1. The fourth-order valence-electron chi connectivity index (χ4n) is 3.48. The van der Waals surface area contributed by atoms with E-state index in [0.717, 1.165) is 31.5 Å². The van der Waals surface area contributed by atoms with E-state index in [9.17, 15) is 9.59 Å². The third-order valence-corrected chi connectivity index (χ3v) is 5.01. The number of H-pyrrole nitrogens is 1. The predicted octanol–water partition coefficient (Wildman–Crippen LogP) is 0.890. The summed E-state index contributed by atoms with van der Waals surface area (Å²) in [6, 6.07) is 9.48. The Balaban J connectivity index is 1.53. The van der Waals surface area contributed by atoms with Crippen molar-refractivity contribution in [2.45, 2.75) is 25.8 Å². The summed E-state index contributed by atoms with van der Waals surface area (Å²) < 4.78 is 5.27. The summed E-state index contributed by atoms with van der Waals surface area (Å²) in [7, 11) is 0. The molecule has 0 saturated carbocycles. The molecule has 2 amide bonds. The van der Waals surface area contributed by atoms with Gasteiger partial charge in [-0.05, 0) is 32.9 Å². The molecule has 0 aliphatic carbocycles. The monoisotopic (exact) mass is 395 g/mol. The molecule has 150 valence electrons. The number of carbonyl (C=O) groups is 2. The van der Waals surface area contributed by atoms with Crippen molar-refractivity contribution in [3.63, 3.8) is 0 Å². The van der Waals surface area contributed by atoms with E-state index in [-0.39, 0.29) is 23.6 Å². The van der Waals surface area contributed by atoms with Gasteiger partial charge in [0.2, 0.25) is 0 Å². The molecule has 1 aliphatic rings. The molecule has 29 heavy (non-hydrogen) atoms. The van der Waals surface area contributed by atoms with Gasteiger partial charge in [-0.1, -0.05) is 35.5 Å². The second-order valence-electron chi connectivity index (χ2n) is 7.04. The molecule has 9 heteroatoms. The maximum absolute atomic E-state index is 13.0. The van der Waals surface area contributed by atoms with E-state index in [1.807, 2.05) is 30.3 Å². The summed E-state index contributed by atoms with van der Waals surface area (Å²) >= 11 is 0. The summed E-state index contributed by atoms with van der Waals surface area (Å²) in [6.07, 6.45) is 3.22.